The number of anilines is 1. The van der Waals surface area contributed by atoms with E-state index in [0.717, 1.165) is 23.8 Å². The zero-order valence-corrected chi connectivity index (χ0v) is 18.4. The van der Waals surface area contributed by atoms with E-state index < -0.39 is 15.9 Å². The van der Waals surface area contributed by atoms with Crippen molar-refractivity contribution in [1.29, 1.82) is 0 Å². The van der Waals surface area contributed by atoms with Crippen LogP contribution in [0, 0.1) is 0 Å². The Hall–Kier alpha value is -2.75. The van der Waals surface area contributed by atoms with Crippen molar-refractivity contribution >= 4 is 27.4 Å². The average Bonchev–Trinajstić information content (AvgIpc) is 3.26. The van der Waals surface area contributed by atoms with Crippen molar-refractivity contribution in [3.05, 3.63) is 54.1 Å². The van der Waals surface area contributed by atoms with Crippen LogP contribution in [0.15, 0.2) is 53.4 Å². The van der Waals surface area contributed by atoms with E-state index in [1.807, 2.05) is 0 Å². The molecule has 1 aliphatic rings. The zero-order chi connectivity index (χ0) is 22.4. The lowest BCUT2D eigenvalue weighted by atomic mass is 10.2. The Labute approximate surface area is 182 Å². The Bertz CT molecular complexity index is 1030. The first-order chi connectivity index (χ1) is 14.8. The molecule has 1 atom stereocenters. The highest BCUT2D eigenvalue weighted by Gasteiger charge is 2.23. The number of ether oxygens (including phenoxy) is 2. The number of hydrogen-bond donors (Lipinski definition) is 1. The Morgan fingerprint density at radius 2 is 1.94 bits per heavy atom. The minimum absolute atomic E-state index is 0.0114. The van der Waals surface area contributed by atoms with Gasteiger partial charge in [0, 0.05) is 31.0 Å². The normalized spacial score (nSPS) is 16.3. The van der Waals surface area contributed by atoms with Gasteiger partial charge in [0.2, 0.25) is 15.9 Å². The third-order valence-electron chi connectivity index (χ3n) is 4.91. The molecule has 2 aromatic carbocycles. The van der Waals surface area contributed by atoms with Crippen molar-refractivity contribution in [2.24, 2.45) is 0 Å². The van der Waals surface area contributed by atoms with Gasteiger partial charge >= 0.3 is 0 Å². The molecule has 31 heavy (non-hydrogen) atoms. The number of benzene rings is 2. The Kier molecular flexibility index (Phi) is 7.42. The maximum absolute atomic E-state index is 12.7. The highest BCUT2D eigenvalue weighted by molar-refractivity contribution is 7.89. The summed E-state index contributed by atoms with van der Waals surface area (Å²) in [6, 6.07) is 12.5. The van der Waals surface area contributed by atoms with Crippen LogP contribution in [0.3, 0.4) is 0 Å². The maximum Gasteiger partial charge on any atom is 0.243 e. The fourth-order valence-electron chi connectivity index (χ4n) is 3.16. The predicted molar refractivity (Wildman–Crippen MR) is 116 cm³/mol. The van der Waals surface area contributed by atoms with E-state index in [0.29, 0.717) is 23.6 Å². The van der Waals surface area contributed by atoms with Gasteiger partial charge in [-0.05, 0) is 44.0 Å². The smallest absolute Gasteiger partial charge is 0.243 e. The SMILES string of the molecule is CC(=O)c1ccc(S(=O)(=O)N(C)CC(=O)Nc2cccc(OC[C@@H]3CCCO3)c2)cc1. The molecule has 0 unspecified atom stereocenters. The van der Waals surface area contributed by atoms with Crippen LogP contribution in [-0.4, -0.2) is 57.3 Å². The van der Waals surface area contributed by atoms with E-state index in [4.69, 9.17) is 9.47 Å². The van der Waals surface area contributed by atoms with Crippen molar-refractivity contribution < 1.29 is 27.5 Å². The molecule has 8 nitrogen and oxygen atoms in total. The Balaban J connectivity index is 1.58. The van der Waals surface area contributed by atoms with E-state index in [9.17, 15) is 18.0 Å². The third-order valence-corrected chi connectivity index (χ3v) is 6.73. The predicted octanol–water partition coefficient (Wildman–Crippen LogP) is 2.71. The van der Waals surface area contributed by atoms with Crippen LogP contribution < -0.4 is 10.1 Å². The number of nitrogens with one attached hydrogen (secondary N) is 1. The van der Waals surface area contributed by atoms with Crippen molar-refractivity contribution in [2.75, 3.05) is 32.1 Å². The molecule has 1 N–H and O–H groups in total. The number of ketones is 1. The molecule has 0 spiro atoms. The first kappa shape index (κ1) is 22.9. The molecule has 0 radical (unpaired) electrons. The lowest BCUT2D eigenvalue weighted by molar-refractivity contribution is -0.116. The number of hydrogen-bond acceptors (Lipinski definition) is 6. The van der Waals surface area contributed by atoms with E-state index in [2.05, 4.69) is 5.32 Å². The molecule has 0 aliphatic carbocycles. The standard InChI is InChI=1S/C22H26N2O6S/c1-16(25)17-8-10-21(11-9-17)31(27,28)24(2)14-22(26)23-18-5-3-6-19(13-18)30-15-20-7-4-12-29-20/h3,5-6,8-11,13,20H,4,7,12,14-15H2,1-2H3,(H,23,26)/t20-/m0/s1. The Morgan fingerprint density at radius 3 is 2.58 bits per heavy atom. The molecule has 0 bridgehead atoms. The lowest BCUT2D eigenvalue weighted by Crippen LogP contribution is -2.35. The first-order valence-corrected chi connectivity index (χ1v) is 11.4. The van der Waals surface area contributed by atoms with Crippen molar-refractivity contribution in [1.82, 2.24) is 4.31 Å². The van der Waals surface area contributed by atoms with E-state index in [-0.39, 0.29) is 23.3 Å². The van der Waals surface area contributed by atoms with Crippen LogP contribution in [0.2, 0.25) is 0 Å². The number of carbonyl (C=O) groups is 2. The molecule has 0 aromatic heterocycles. The van der Waals surface area contributed by atoms with Gasteiger partial charge in [-0.2, -0.15) is 4.31 Å². The molecule has 1 aliphatic heterocycles. The van der Waals surface area contributed by atoms with Gasteiger partial charge in [-0.3, -0.25) is 9.59 Å². The van der Waals surface area contributed by atoms with Gasteiger partial charge in [-0.25, -0.2) is 8.42 Å². The van der Waals surface area contributed by atoms with Crippen LogP contribution in [0.1, 0.15) is 30.1 Å². The van der Waals surface area contributed by atoms with Gasteiger partial charge in [0.1, 0.15) is 12.4 Å². The number of likely N-dealkylation sites (N-methyl/N-ethyl adjacent to an activating group) is 1. The molecule has 0 saturated carbocycles. The van der Waals surface area contributed by atoms with Crippen LogP contribution >= 0.6 is 0 Å². The molecule has 1 saturated heterocycles. The number of rotatable bonds is 9. The van der Waals surface area contributed by atoms with Gasteiger partial charge < -0.3 is 14.8 Å². The molecular formula is C22H26N2O6S. The molecule has 3 rings (SSSR count). The summed E-state index contributed by atoms with van der Waals surface area (Å²) in [6.45, 7) is 2.24. The number of Topliss-reactive ketones (excluding diaryl/α,β-unsaturated/α-hetero) is 1. The summed E-state index contributed by atoms with van der Waals surface area (Å²) in [5.41, 5.74) is 0.924. The molecule has 1 fully saturated rings. The molecule has 1 heterocycles. The number of amides is 1. The summed E-state index contributed by atoms with van der Waals surface area (Å²) in [5.74, 6) is -0.0406. The minimum atomic E-state index is -3.87. The molecular weight excluding hydrogens is 420 g/mol. The number of sulfonamides is 1. The summed E-state index contributed by atoms with van der Waals surface area (Å²) < 4.78 is 37.6. The third kappa shape index (κ3) is 6.13. The molecule has 9 heteroatoms. The van der Waals surface area contributed by atoms with Crippen LogP contribution in [0.25, 0.3) is 0 Å². The van der Waals surface area contributed by atoms with Gasteiger partial charge in [-0.1, -0.05) is 18.2 Å². The summed E-state index contributed by atoms with van der Waals surface area (Å²) in [4.78, 5) is 23.8. The van der Waals surface area contributed by atoms with Crippen molar-refractivity contribution in [2.45, 2.75) is 30.8 Å². The Morgan fingerprint density at radius 1 is 1.19 bits per heavy atom. The quantitative estimate of drug-likeness (QED) is 0.594. The molecule has 2 aromatic rings. The summed E-state index contributed by atoms with van der Waals surface area (Å²) in [5, 5.41) is 2.69. The highest BCUT2D eigenvalue weighted by Crippen LogP contribution is 2.20. The van der Waals surface area contributed by atoms with E-state index in [1.165, 1.54) is 38.2 Å². The second-order valence-electron chi connectivity index (χ2n) is 7.36. The number of carbonyl (C=O) groups excluding carboxylic acids is 2. The van der Waals surface area contributed by atoms with Gasteiger partial charge in [0.25, 0.3) is 0 Å². The summed E-state index contributed by atoms with van der Waals surface area (Å²) in [6.07, 6.45) is 2.08. The lowest BCUT2D eigenvalue weighted by Gasteiger charge is -2.17. The second kappa shape index (κ2) is 10.0. The molecule has 166 valence electrons. The topological polar surface area (TPSA) is 102 Å². The van der Waals surface area contributed by atoms with Crippen LogP contribution in [0.5, 0.6) is 5.75 Å². The zero-order valence-electron chi connectivity index (χ0n) is 17.5. The van der Waals surface area contributed by atoms with E-state index >= 15 is 0 Å². The average molecular weight is 447 g/mol. The van der Waals surface area contributed by atoms with Gasteiger partial charge in [0.15, 0.2) is 5.78 Å². The van der Waals surface area contributed by atoms with Crippen molar-refractivity contribution in [3.63, 3.8) is 0 Å². The van der Waals surface area contributed by atoms with E-state index in [1.54, 1.807) is 24.3 Å². The largest absolute Gasteiger partial charge is 0.491 e. The first-order valence-electron chi connectivity index (χ1n) is 9.97. The summed E-state index contributed by atoms with van der Waals surface area (Å²) >= 11 is 0. The molecule has 1 amide bonds. The number of nitrogens with zero attached hydrogens (tertiary/aromatic N) is 1. The fraction of sp³-hybridized carbons (Fsp3) is 0.364. The monoisotopic (exact) mass is 446 g/mol. The highest BCUT2D eigenvalue weighted by atomic mass is 32.2. The minimum Gasteiger partial charge on any atom is -0.491 e. The maximum atomic E-state index is 12.7. The fourth-order valence-corrected chi connectivity index (χ4v) is 4.29. The van der Waals surface area contributed by atoms with Crippen LogP contribution in [-0.2, 0) is 19.6 Å². The van der Waals surface area contributed by atoms with Crippen LogP contribution in [0.4, 0.5) is 5.69 Å². The second-order valence-corrected chi connectivity index (χ2v) is 9.41. The van der Waals surface area contributed by atoms with Gasteiger partial charge in [-0.15, -0.1) is 0 Å². The van der Waals surface area contributed by atoms with Gasteiger partial charge in [0.05, 0.1) is 17.5 Å². The summed E-state index contributed by atoms with van der Waals surface area (Å²) in [7, 11) is -2.54. The van der Waals surface area contributed by atoms with Crippen molar-refractivity contribution in [3.8, 4) is 5.75 Å².